The van der Waals surface area contributed by atoms with Crippen molar-refractivity contribution in [3.05, 3.63) is 0 Å². The van der Waals surface area contributed by atoms with Crippen molar-refractivity contribution in [1.29, 1.82) is 0 Å². The molecule has 6 heteroatoms. The number of ether oxygens (including phenoxy) is 1. The van der Waals surface area contributed by atoms with Crippen LogP contribution in [0.25, 0.3) is 0 Å². The summed E-state index contributed by atoms with van der Waals surface area (Å²) in [7, 11) is 0. The van der Waals surface area contributed by atoms with Gasteiger partial charge in [0.25, 0.3) is 0 Å². The highest BCUT2D eigenvalue weighted by Crippen LogP contribution is 2.22. The number of amides is 2. The summed E-state index contributed by atoms with van der Waals surface area (Å²) < 4.78 is 5.31. The topological polar surface area (TPSA) is 78.9 Å². The molecule has 0 aromatic rings. The molecule has 18 heavy (non-hydrogen) atoms. The molecule has 0 aromatic heterocycles. The highest BCUT2D eigenvalue weighted by molar-refractivity contribution is 5.77. The standard InChI is InChI=1S/C12H22N2O4/c1-4-18-9(3)5-13-12(17)14-6-8(2)10(7-14)11(15)16/h8-10H,4-7H2,1-3H3,(H,13,17)(H,15,16)/t8-,9?,10-/m1/s1. The van der Waals surface area contributed by atoms with Gasteiger partial charge in [0.1, 0.15) is 0 Å². The van der Waals surface area contributed by atoms with Gasteiger partial charge in [-0.2, -0.15) is 0 Å². The largest absolute Gasteiger partial charge is 0.481 e. The first kappa shape index (κ1) is 14.8. The van der Waals surface area contributed by atoms with E-state index < -0.39 is 11.9 Å². The van der Waals surface area contributed by atoms with E-state index in [4.69, 9.17) is 9.84 Å². The van der Waals surface area contributed by atoms with Gasteiger partial charge in [-0.1, -0.05) is 6.92 Å². The molecular weight excluding hydrogens is 236 g/mol. The molecule has 0 aliphatic carbocycles. The lowest BCUT2D eigenvalue weighted by molar-refractivity contribution is -0.142. The Balaban J connectivity index is 2.38. The van der Waals surface area contributed by atoms with Crippen LogP contribution in [-0.2, 0) is 9.53 Å². The van der Waals surface area contributed by atoms with Crippen LogP contribution in [0.5, 0.6) is 0 Å². The number of hydrogen-bond acceptors (Lipinski definition) is 3. The van der Waals surface area contributed by atoms with Gasteiger partial charge in [-0.05, 0) is 19.8 Å². The Labute approximate surface area is 107 Å². The fraction of sp³-hybridized carbons (Fsp3) is 0.833. The van der Waals surface area contributed by atoms with Gasteiger partial charge in [-0.3, -0.25) is 4.79 Å². The molecule has 1 rings (SSSR count). The number of nitrogens with one attached hydrogen (secondary N) is 1. The number of nitrogens with zero attached hydrogens (tertiary/aromatic N) is 1. The van der Waals surface area contributed by atoms with Crippen LogP contribution in [0.3, 0.4) is 0 Å². The van der Waals surface area contributed by atoms with E-state index in [1.165, 1.54) is 0 Å². The predicted octanol–water partition coefficient (Wildman–Crippen LogP) is 0.773. The second kappa shape index (κ2) is 6.58. The molecule has 0 bridgehead atoms. The zero-order valence-electron chi connectivity index (χ0n) is 11.2. The maximum atomic E-state index is 11.8. The number of rotatable bonds is 5. The SMILES string of the molecule is CCOC(C)CNC(=O)N1C[C@@H](C)[C@H](C(=O)O)C1. The Bertz CT molecular complexity index is 308. The zero-order chi connectivity index (χ0) is 13.7. The first-order valence-electron chi connectivity index (χ1n) is 6.32. The molecule has 3 atom stereocenters. The summed E-state index contributed by atoms with van der Waals surface area (Å²) in [6.45, 7) is 7.47. The summed E-state index contributed by atoms with van der Waals surface area (Å²) in [5.41, 5.74) is 0. The van der Waals surface area contributed by atoms with Gasteiger partial charge in [0.15, 0.2) is 0 Å². The lowest BCUT2D eigenvalue weighted by atomic mass is 9.99. The van der Waals surface area contributed by atoms with Crippen LogP contribution in [-0.4, -0.2) is 54.4 Å². The van der Waals surface area contributed by atoms with E-state index in [0.717, 1.165) is 0 Å². The van der Waals surface area contributed by atoms with Crippen LogP contribution < -0.4 is 5.32 Å². The summed E-state index contributed by atoms with van der Waals surface area (Å²) >= 11 is 0. The monoisotopic (exact) mass is 258 g/mol. The van der Waals surface area contributed by atoms with Gasteiger partial charge >= 0.3 is 12.0 Å². The number of carboxylic acid groups (broad SMARTS) is 1. The van der Waals surface area contributed by atoms with E-state index in [-0.39, 0.29) is 24.6 Å². The molecule has 6 nitrogen and oxygen atoms in total. The van der Waals surface area contributed by atoms with E-state index >= 15 is 0 Å². The van der Waals surface area contributed by atoms with Gasteiger partial charge in [0.05, 0.1) is 12.0 Å². The molecule has 1 aliphatic rings. The minimum atomic E-state index is -0.833. The Morgan fingerprint density at radius 2 is 2.17 bits per heavy atom. The summed E-state index contributed by atoms with van der Waals surface area (Å²) in [5, 5.41) is 11.8. The molecule has 2 N–H and O–H groups in total. The molecule has 0 radical (unpaired) electrons. The van der Waals surface area contributed by atoms with Crippen molar-refractivity contribution in [3.63, 3.8) is 0 Å². The number of aliphatic carboxylic acids is 1. The lowest BCUT2D eigenvalue weighted by Crippen LogP contribution is -2.42. The van der Waals surface area contributed by atoms with Gasteiger partial charge in [-0.25, -0.2) is 4.79 Å². The maximum absolute atomic E-state index is 11.8. The smallest absolute Gasteiger partial charge is 0.317 e. The Morgan fingerprint density at radius 3 is 2.67 bits per heavy atom. The average molecular weight is 258 g/mol. The minimum absolute atomic E-state index is 0.00225. The van der Waals surface area contributed by atoms with E-state index in [0.29, 0.717) is 19.7 Å². The van der Waals surface area contributed by atoms with Crippen molar-refractivity contribution in [2.24, 2.45) is 11.8 Å². The highest BCUT2D eigenvalue weighted by atomic mass is 16.5. The highest BCUT2D eigenvalue weighted by Gasteiger charge is 2.36. The van der Waals surface area contributed by atoms with Crippen LogP contribution in [0.1, 0.15) is 20.8 Å². The van der Waals surface area contributed by atoms with Gasteiger partial charge < -0.3 is 20.1 Å². The molecule has 0 saturated carbocycles. The molecular formula is C12H22N2O4. The third kappa shape index (κ3) is 3.87. The van der Waals surface area contributed by atoms with E-state index in [1.807, 2.05) is 20.8 Å². The van der Waals surface area contributed by atoms with E-state index in [1.54, 1.807) is 4.90 Å². The molecule has 104 valence electrons. The molecule has 0 spiro atoms. The van der Waals surface area contributed by atoms with Crippen LogP contribution in [0.15, 0.2) is 0 Å². The normalized spacial score (nSPS) is 24.9. The minimum Gasteiger partial charge on any atom is -0.481 e. The molecule has 1 aliphatic heterocycles. The first-order valence-corrected chi connectivity index (χ1v) is 6.32. The van der Waals surface area contributed by atoms with Gasteiger partial charge in [0, 0.05) is 26.2 Å². The van der Waals surface area contributed by atoms with E-state index in [2.05, 4.69) is 5.32 Å². The van der Waals surface area contributed by atoms with E-state index in [9.17, 15) is 9.59 Å². The fourth-order valence-electron chi connectivity index (χ4n) is 2.14. The summed E-state index contributed by atoms with van der Waals surface area (Å²) in [6.07, 6.45) is -0.0331. The molecule has 2 amide bonds. The van der Waals surface area contributed by atoms with Crippen molar-refractivity contribution < 1.29 is 19.4 Å². The second-order valence-electron chi connectivity index (χ2n) is 4.78. The Hall–Kier alpha value is -1.30. The van der Waals surface area contributed by atoms with Crippen LogP contribution >= 0.6 is 0 Å². The van der Waals surface area contributed by atoms with Gasteiger partial charge in [0.2, 0.25) is 0 Å². The Kier molecular flexibility index (Phi) is 5.40. The number of carbonyl (C=O) groups excluding carboxylic acids is 1. The number of hydrogen-bond donors (Lipinski definition) is 2. The molecule has 1 unspecified atom stereocenters. The number of carboxylic acids is 1. The summed E-state index contributed by atoms with van der Waals surface area (Å²) in [6, 6.07) is -0.211. The zero-order valence-corrected chi connectivity index (χ0v) is 11.2. The lowest BCUT2D eigenvalue weighted by Gasteiger charge is -2.19. The van der Waals surface area contributed by atoms with Crippen LogP contribution in [0, 0.1) is 11.8 Å². The maximum Gasteiger partial charge on any atom is 0.317 e. The fourth-order valence-corrected chi connectivity index (χ4v) is 2.14. The third-order valence-electron chi connectivity index (χ3n) is 3.21. The molecule has 1 fully saturated rings. The summed E-state index contributed by atoms with van der Waals surface area (Å²) in [5.74, 6) is -1.29. The molecule has 0 aromatic carbocycles. The van der Waals surface area contributed by atoms with Crippen molar-refractivity contribution in [2.75, 3.05) is 26.2 Å². The van der Waals surface area contributed by atoms with Crippen LogP contribution in [0.2, 0.25) is 0 Å². The summed E-state index contributed by atoms with van der Waals surface area (Å²) in [4.78, 5) is 24.3. The predicted molar refractivity (Wildman–Crippen MR) is 66.3 cm³/mol. The van der Waals surface area contributed by atoms with Crippen molar-refractivity contribution in [3.8, 4) is 0 Å². The number of likely N-dealkylation sites (tertiary alicyclic amines) is 1. The molecule has 1 saturated heterocycles. The number of urea groups is 1. The average Bonchev–Trinajstić information content (AvgIpc) is 2.69. The van der Waals surface area contributed by atoms with Crippen molar-refractivity contribution >= 4 is 12.0 Å². The first-order chi connectivity index (χ1) is 8.45. The number of carbonyl (C=O) groups is 2. The van der Waals surface area contributed by atoms with Crippen LogP contribution in [0.4, 0.5) is 4.79 Å². The molecule has 1 heterocycles. The van der Waals surface area contributed by atoms with Crippen molar-refractivity contribution in [2.45, 2.75) is 26.9 Å². The van der Waals surface area contributed by atoms with Gasteiger partial charge in [-0.15, -0.1) is 0 Å². The quantitative estimate of drug-likeness (QED) is 0.763. The Morgan fingerprint density at radius 1 is 1.50 bits per heavy atom. The van der Waals surface area contributed by atoms with Crippen molar-refractivity contribution in [1.82, 2.24) is 10.2 Å². The third-order valence-corrected chi connectivity index (χ3v) is 3.21. The second-order valence-corrected chi connectivity index (χ2v) is 4.78.